The lowest BCUT2D eigenvalue weighted by atomic mass is 9.61. The highest BCUT2D eigenvalue weighted by atomic mass is 35.5. The Bertz CT molecular complexity index is 492. The molecule has 0 bridgehead atoms. The Labute approximate surface area is 133 Å². The second-order valence-corrected chi connectivity index (χ2v) is 6.73. The molecule has 0 spiro atoms. The molecule has 2 rings (SSSR count). The van der Waals surface area contributed by atoms with Crippen molar-refractivity contribution < 1.29 is 4.74 Å². The summed E-state index contributed by atoms with van der Waals surface area (Å²) in [5, 5.41) is 4.46. The van der Waals surface area contributed by atoms with Gasteiger partial charge in [0.1, 0.15) is 0 Å². The summed E-state index contributed by atoms with van der Waals surface area (Å²) in [6.45, 7) is 7.41. The average Bonchev–Trinajstić information content (AvgIpc) is 2.45. The van der Waals surface area contributed by atoms with E-state index in [9.17, 15) is 0 Å². The number of nitrogens with zero attached hydrogens (tertiary/aromatic N) is 1. The number of nitrogens with one attached hydrogen (secondary N) is 1. The molecule has 21 heavy (non-hydrogen) atoms. The lowest BCUT2D eigenvalue weighted by molar-refractivity contribution is -0.109. The van der Waals surface area contributed by atoms with E-state index >= 15 is 0 Å². The Morgan fingerprint density at radius 1 is 1.38 bits per heavy atom. The van der Waals surface area contributed by atoms with Crippen LogP contribution in [0, 0.1) is 5.41 Å². The summed E-state index contributed by atoms with van der Waals surface area (Å²) in [6.07, 6.45) is 2.51. The van der Waals surface area contributed by atoms with Crippen molar-refractivity contribution in [2.75, 3.05) is 30.9 Å². The molecule has 1 aliphatic rings. The topological polar surface area (TPSA) is 24.5 Å². The van der Waals surface area contributed by atoms with Crippen LogP contribution in [0.1, 0.15) is 33.6 Å². The second-order valence-electron chi connectivity index (χ2n) is 6.29. The van der Waals surface area contributed by atoms with Gasteiger partial charge in [-0.25, -0.2) is 0 Å². The van der Waals surface area contributed by atoms with Crippen molar-refractivity contribution in [2.45, 2.75) is 45.8 Å². The lowest BCUT2D eigenvalue weighted by Gasteiger charge is -2.54. The summed E-state index contributed by atoms with van der Waals surface area (Å²) < 4.78 is 5.88. The van der Waals surface area contributed by atoms with Gasteiger partial charge < -0.3 is 15.0 Å². The molecule has 0 amide bonds. The van der Waals surface area contributed by atoms with Crippen molar-refractivity contribution in [3.63, 3.8) is 0 Å². The number of halogens is 1. The van der Waals surface area contributed by atoms with Crippen LogP contribution in [0.5, 0.6) is 0 Å². The molecule has 1 N–H and O–H groups in total. The Morgan fingerprint density at radius 2 is 2.10 bits per heavy atom. The van der Waals surface area contributed by atoms with Gasteiger partial charge in [0, 0.05) is 37.2 Å². The summed E-state index contributed by atoms with van der Waals surface area (Å²) >= 11 is 6.17. The van der Waals surface area contributed by atoms with Gasteiger partial charge in [0.15, 0.2) is 0 Å². The third-order valence-electron chi connectivity index (χ3n) is 4.88. The minimum absolute atomic E-state index is 0.182. The molecule has 4 heteroatoms. The molecule has 1 aromatic carbocycles. The molecular formula is C17H27ClN2O. The van der Waals surface area contributed by atoms with Crippen molar-refractivity contribution in [3.05, 3.63) is 23.2 Å². The predicted molar refractivity (Wildman–Crippen MR) is 91.6 cm³/mol. The lowest BCUT2D eigenvalue weighted by Crippen LogP contribution is -2.59. The molecular weight excluding hydrogens is 284 g/mol. The van der Waals surface area contributed by atoms with Crippen molar-refractivity contribution in [3.8, 4) is 0 Å². The van der Waals surface area contributed by atoms with Gasteiger partial charge in [0.25, 0.3) is 0 Å². The Balaban J connectivity index is 2.17. The maximum absolute atomic E-state index is 6.17. The zero-order valence-corrected chi connectivity index (χ0v) is 14.5. The molecule has 1 saturated carbocycles. The third kappa shape index (κ3) is 3.14. The first kappa shape index (κ1) is 16.4. The molecule has 1 aromatic rings. The Kier molecular flexibility index (Phi) is 5.05. The Hall–Kier alpha value is -0.930. The minimum Gasteiger partial charge on any atom is -0.380 e. The summed E-state index contributed by atoms with van der Waals surface area (Å²) in [4.78, 5) is 2.11. The smallest absolute Gasteiger partial charge is 0.0667 e. The van der Waals surface area contributed by atoms with Crippen LogP contribution in [-0.4, -0.2) is 32.8 Å². The molecule has 118 valence electrons. The molecule has 3 nitrogen and oxygen atoms in total. The van der Waals surface area contributed by atoms with Crippen LogP contribution in [-0.2, 0) is 4.74 Å². The van der Waals surface area contributed by atoms with Crippen molar-refractivity contribution in [1.82, 2.24) is 0 Å². The monoisotopic (exact) mass is 310 g/mol. The molecule has 3 unspecified atom stereocenters. The van der Waals surface area contributed by atoms with Crippen LogP contribution in [0.4, 0.5) is 11.4 Å². The summed E-state index contributed by atoms with van der Waals surface area (Å²) in [6, 6.07) is 6.44. The third-order valence-corrected chi connectivity index (χ3v) is 5.12. The molecule has 1 fully saturated rings. The summed E-state index contributed by atoms with van der Waals surface area (Å²) in [7, 11) is 4.11. The van der Waals surface area contributed by atoms with E-state index in [1.54, 1.807) is 0 Å². The number of ether oxygens (including phenoxy) is 1. The largest absolute Gasteiger partial charge is 0.380 e. The van der Waals surface area contributed by atoms with E-state index in [0.29, 0.717) is 12.1 Å². The fourth-order valence-corrected chi connectivity index (χ4v) is 3.35. The molecule has 0 saturated heterocycles. The zero-order valence-electron chi connectivity index (χ0n) is 13.7. The first-order valence-electron chi connectivity index (χ1n) is 7.77. The van der Waals surface area contributed by atoms with Gasteiger partial charge >= 0.3 is 0 Å². The first-order chi connectivity index (χ1) is 9.92. The molecule has 3 atom stereocenters. The second kappa shape index (κ2) is 6.45. The maximum Gasteiger partial charge on any atom is 0.0667 e. The van der Waals surface area contributed by atoms with Gasteiger partial charge in [-0.15, -0.1) is 0 Å². The van der Waals surface area contributed by atoms with E-state index < -0.39 is 0 Å². The van der Waals surface area contributed by atoms with Crippen molar-refractivity contribution in [1.29, 1.82) is 0 Å². The molecule has 0 radical (unpaired) electrons. The van der Waals surface area contributed by atoms with Gasteiger partial charge in [0.05, 0.1) is 17.5 Å². The Morgan fingerprint density at radius 3 is 2.67 bits per heavy atom. The molecule has 0 aromatic heterocycles. The van der Waals surface area contributed by atoms with Crippen molar-refractivity contribution in [2.24, 2.45) is 5.41 Å². The van der Waals surface area contributed by atoms with E-state index in [-0.39, 0.29) is 5.41 Å². The van der Waals surface area contributed by atoms with E-state index in [0.717, 1.165) is 35.8 Å². The molecule has 0 aliphatic heterocycles. The highest BCUT2D eigenvalue weighted by Crippen LogP contribution is 2.48. The number of anilines is 2. The number of rotatable bonds is 6. The minimum atomic E-state index is 0.182. The van der Waals surface area contributed by atoms with Crippen LogP contribution >= 0.6 is 11.6 Å². The highest BCUT2D eigenvalue weighted by Gasteiger charge is 2.51. The maximum atomic E-state index is 6.17. The van der Waals surface area contributed by atoms with Crippen LogP contribution in [0.15, 0.2) is 18.2 Å². The predicted octanol–water partition coefficient (Wildman–Crippen LogP) is 4.41. The normalized spacial score (nSPS) is 28.1. The highest BCUT2D eigenvalue weighted by molar-refractivity contribution is 6.31. The zero-order chi connectivity index (χ0) is 15.6. The average molecular weight is 311 g/mol. The number of benzene rings is 1. The van der Waals surface area contributed by atoms with Gasteiger partial charge in [-0.05, 0) is 38.0 Å². The number of hydrogen-bond acceptors (Lipinski definition) is 3. The molecule has 1 aliphatic carbocycles. The van der Waals surface area contributed by atoms with Crippen LogP contribution in [0.2, 0.25) is 5.02 Å². The van der Waals surface area contributed by atoms with E-state index in [1.165, 1.54) is 0 Å². The van der Waals surface area contributed by atoms with Crippen LogP contribution < -0.4 is 10.2 Å². The SMILES string of the molecule is CCOC1CC(Nc2cc(Cl)ccc2N(C)C)C1(C)CC. The quantitative estimate of drug-likeness (QED) is 0.842. The van der Waals surface area contributed by atoms with Crippen LogP contribution in [0.3, 0.4) is 0 Å². The van der Waals surface area contributed by atoms with Gasteiger partial charge in [-0.3, -0.25) is 0 Å². The molecule has 0 heterocycles. The standard InChI is InChI=1S/C17H27ClN2O/c1-6-17(3)15(11-16(17)21-7-2)19-13-10-12(18)8-9-14(13)20(4)5/h8-10,15-16,19H,6-7,11H2,1-5H3. The van der Waals surface area contributed by atoms with E-state index in [4.69, 9.17) is 16.3 Å². The first-order valence-corrected chi connectivity index (χ1v) is 8.15. The van der Waals surface area contributed by atoms with Crippen LogP contribution in [0.25, 0.3) is 0 Å². The van der Waals surface area contributed by atoms with Gasteiger partial charge in [-0.2, -0.15) is 0 Å². The van der Waals surface area contributed by atoms with Crippen molar-refractivity contribution >= 4 is 23.0 Å². The fraction of sp³-hybridized carbons (Fsp3) is 0.647. The van der Waals surface area contributed by atoms with Gasteiger partial charge in [0.2, 0.25) is 0 Å². The fourth-order valence-electron chi connectivity index (χ4n) is 3.18. The van der Waals surface area contributed by atoms with E-state index in [1.807, 2.05) is 12.1 Å². The number of hydrogen-bond donors (Lipinski definition) is 1. The van der Waals surface area contributed by atoms with E-state index in [2.05, 4.69) is 51.1 Å². The van der Waals surface area contributed by atoms with Gasteiger partial charge in [-0.1, -0.05) is 25.4 Å². The summed E-state index contributed by atoms with van der Waals surface area (Å²) in [5.74, 6) is 0. The summed E-state index contributed by atoms with van der Waals surface area (Å²) in [5.41, 5.74) is 2.45.